The number of carboxylic acids is 1. The Bertz CT molecular complexity index is 909. The van der Waals surface area contributed by atoms with E-state index in [1.807, 2.05) is 18.2 Å². The highest BCUT2D eigenvalue weighted by molar-refractivity contribution is 5.99. The van der Waals surface area contributed by atoms with Crippen LogP contribution in [-0.2, 0) is 16.1 Å². The van der Waals surface area contributed by atoms with Gasteiger partial charge in [0, 0.05) is 32.5 Å². The van der Waals surface area contributed by atoms with Gasteiger partial charge in [-0.2, -0.15) is 0 Å². The zero-order valence-corrected chi connectivity index (χ0v) is 17.0. The molecule has 0 radical (unpaired) electrons. The molecule has 0 bridgehead atoms. The molecule has 1 amide bonds. The third-order valence-electron chi connectivity index (χ3n) is 5.99. The minimum atomic E-state index is -1.05. The molecule has 0 aliphatic carbocycles. The molecule has 0 unspecified atom stereocenters. The first-order valence-corrected chi connectivity index (χ1v) is 10.1. The zero-order valence-electron chi connectivity index (χ0n) is 17.0. The number of hydrogen-bond acceptors (Lipinski definition) is 5. The fourth-order valence-electron chi connectivity index (χ4n) is 4.41. The molecule has 4 rings (SSSR count). The van der Waals surface area contributed by atoms with Crippen LogP contribution in [0, 0.1) is 0 Å². The Morgan fingerprint density at radius 3 is 2.43 bits per heavy atom. The molecule has 30 heavy (non-hydrogen) atoms. The fourth-order valence-corrected chi connectivity index (χ4v) is 4.41. The lowest BCUT2D eigenvalue weighted by Crippen LogP contribution is -2.58. The second kappa shape index (κ2) is 8.45. The van der Waals surface area contributed by atoms with E-state index in [1.54, 1.807) is 24.3 Å². The van der Waals surface area contributed by atoms with Crippen LogP contribution in [0.4, 0.5) is 0 Å². The Morgan fingerprint density at radius 1 is 1.10 bits per heavy atom. The average molecular weight is 410 g/mol. The Kier molecular flexibility index (Phi) is 5.74. The van der Waals surface area contributed by atoms with Crippen molar-refractivity contribution in [2.24, 2.45) is 0 Å². The van der Waals surface area contributed by atoms with Crippen molar-refractivity contribution >= 4 is 11.9 Å². The zero-order chi connectivity index (χ0) is 21.1. The van der Waals surface area contributed by atoms with Crippen molar-refractivity contribution in [3.05, 3.63) is 65.7 Å². The molecule has 1 spiro atoms. The monoisotopic (exact) mass is 410 g/mol. The van der Waals surface area contributed by atoms with Crippen molar-refractivity contribution in [2.45, 2.75) is 31.2 Å². The van der Waals surface area contributed by atoms with Gasteiger partial charge in [0.05, 0.1) is 19.3 Å². The summed E-state index contributed by atoms with van der Waals surface area (Å²) in [5.74, 6) is -0.995. The minimum absolute atomic E-state index is 0.00505. The number of nitrogens with zero attached hydrogens (tertiary/aromatic N) is 2. The number of rotatable bonds is 5. The number of ether oxygens (including phenoxy) is 2. The summed E-state index contributed by atoms with van der Waals surface area (Å²) in [7, 11) is 1.50. The number of likely N-dealkylation sites (tertiary alicyclic amines) is 1. The number of amides is 1. The fraction of sp³-hybridized carbons (Fsp3) is 0.391. The molecule has 1 N–H and O–H groups in total. The summed E-state index contributed by atoms with van der Waals surface area (Å²) in [6.07, 6.45) is 1.12. The quantitative estimate of drug-likeness (QED) is 0.816. The lowest BCUT2D eigenvalue weighted by atomic mass is 9.96. The number of carbonyl (C=O) groups is 2. The maximum Gasteiger partial charge on any atom is 0.328 e. The molecule has 7 nitrogen and oxygen atoms in total. The van der Waals surface area contributed by atoms with E-state index in [-0.39, 0.29) is 12.5 Å². The summed E-state index contributed by atoms with van der Waals surface area (Å²) in [4.78, 5) is 29.1. The number of benzene rings is 2. The van der Waals surface area contributed by atoms with Gasteiger partial charge in [0.1, 0.15) is 11.5 Å². The second-order valence-electron chi connectivity index (χ2n) is 7.75. The molecule has 1 atom stereocenters. The molecule has 2 fully saturated rings. The number of aliphatic carboxylic acids is 1. The van der Waals surface area contributed by atoms with Crippen molar-refractivity contribution in [3.63, 3.8) is 0 Å². The SMILES string of the molecule is COc1ccccc1C(=O)N1[C@@H](C(=O)O)COC12CCN(Cc1ccccc1)CC2. The van der Waals surface area contributed by atoms with Crippen molar-refractivity contribution in [3.8, 4) is 5.75 Å². The average Bonchev–Trinajstić information content (AvgIpc) is 3.14. The molecular formula is C23H26N2O5. The summed E-state index contributed by atoms with van der Waals surface area (Å²) in [6.45, 7) is 2.25. The Labute approximate surface area is 175 Å². The lowest BCUT2D eigenvalue weighted by Gasteiger charge is -2.44. The van der Waals surface area contributed by atoms with E-state index in [4.69, 9.17) is 9.47 Å². The molecule has 2 saturated heterocycles. The van der Waals surface area contributed by atoms with Crippen LogP contribution in [0.1, 0.15) is 28.8 Å². The van der Waals surface area contributed by atoms with Gasteiger partial charge in [-0.3, -0.25) is 14.6 Å². The predicted octanol–water partition coefficient (Wildman–Crippen LogP) is 2.61. The molecule has 2 aliphatic rings. The first-order valence-electron chi connectivity index (χ1n) is 10.1. The van der Waals surface area contributed by atoms with Gasteiger partial charge in [-0.05, 0) is 17.7 Å². The lowest BCUT2D eigenvalue weighted by molar-refractivity contribution is -0.144. The summed E-state index contributed by atoms with van der Waals surface area (Å²) < 4.78 is 11.4. The molecule has 158 valence electrons. The van der Waals surface area contributed by atoms with Crippen LogP contribution in [-0.4, -0.2) is 65.4 Å². The highest BCUT2D eigenvalue weighted by Gasteiger charge is 2.54. The number of carbonyl (C=O) groups excluding carboxylic acids is 1. The van der Waals surface area contributed by atoms with Crippen LogP contribution >= 0.6 is 0 Å². The molecule has 0 saturated carbocycles. The first kappa shape index (κ1) is 20.4. The van der Waals surface area contributed by atoms with Crippen molar-refractivity contribution < 1.29 is 24.2 Å². The number of hydrogen-bond donors (Lipinski definition) is 1. The molecule has 2 heterocycles. The van der Waals surface area contributed by atoms with Gasteiger partial charge in [0.2, 0.25) is 0 Å². The van der Waals surface area contributed by atoms with E-state index in [0.717, 1.165) is 19.6 Å². The van der Waals surface area contributed by atoms with E-state index < -0.39 is 17.7 Å². The third kappa shape index (κ3) is 3.78. The largest absolute Gasteiger partial charge is 0.496 e. The van der Waals surface area contributed by atoms with Gasteiger partial charge in [-0.25, -0.2) is 4.79 Å². The standard InChI is InChI=1S/C23H26N2O5/c1-29-20-10-6-5-9-18(20)21(26)25-19(22(27)28)16-30-23(25)11-13-24(14-12-23)15-17-7-3-2-4-8-17/h2-10,19H,11-16H2,1H3,(H,27,28)/t19-/m1/s1. The third-order valence-corrected chi connectivity index (χ3v) is 5.99. The van der Waals surface area contributed by atoms with Crippen molar-refractivity contribution in [1.29, 1.82) is 0 Å². The second-order valence-corrected chi connectivity index (χ2v) is 7.75. The molecule has 7 heteroatoms. The van der Waals surface area contributed by atoms with Gasteiger partial charge >= 0.3 is 5.97 Å². The Hall–Kier alpha value is -2.90. The first-order chi connectivity index (χ1) is 14.5. The van der Waals surface area contributed by atoms with E-state index in [1.165, 1.54) is 17.6 Å². The van der Waals surface area contributed by atoms with Crippen LogP contribution in [0.15, 0.2) is 54.6 Å². The van der Waals surface area contributed by atoms with E-state index in [2.05, 4.69) is 17.0 Å². The number of piperidine rings is 1. The van der Waals surface area contributed by atoms with E-state index in [9.17, 15) is 14.7 Å². The summed E-state index contributed by atoms with van der Waals surface area (Å²) in [6, 6.07) is 16.1. The molecule has 2 aromatic rings. The highest BCUT2D eigenvalue weighted by atomic mass is 16.5. The van der Waals surface area contributed by atoms with Crippen LogP contribution < -0.4 is 4.74 Å². The van der Waals surface area contributed by atoms with Crippen LogP contribution in [0.5, 0.6) is 5.75 Å². The maximum absolute atomic E-state index is 13.5. The summed E-state index contributed by atoms with van der Waals surface area (Å²) in [5.41, 5.74) is 0.669. The Morgan fingerprint density at radius 2 is 1.77 bits per heavy atom. The minimum Gasteiger partial charge on any atom is -0.496 e. The van der Waals surface area contributed by atoms with E-state index >= 15 is 0 Å². The van der Waals surface area contributed by atoms with Gasteiger partial charge in [0.25, 0.3) is 5.91 Å². The van der Waals surface area contributed by atoms with Crippen molar-refractivity contribution in [1.82, 2.24) is 9.80 Å². The Balaban J connectivity index is 1.56. The number of methoxy groups -OCH3 is 1. The van der Waals surface area contributed by atoms with Crippen LogP contribution in [0.2, 0.25) is 0 Å². The highest BCUT2D eigenvalue weighted by Crippen LogP contribution is 2.39. The van der Waals surface area contributed by atoms with Gasteiger partial charge < -0.3 is 14.6 Å². The molecule has 0 aromatic heterocycles. The molecule has 2 aromatic carbocycles. The van der Waals surface area contributed by atoms with Crippen LogP contribution in [0.3, 0.4) is 0 Å². The van der Waals surface area contributed by atoms with Gasteiger partial charge in [0.15, 0.2) is 6.04 Å². The number of para-hydroxylation sites is 1. The maximum atomic E-state index is 13.5. The molecule has 2 aliphatic heterocycles. The molecular weight excluding hydrogens is 384 g/mol. The number of carboxylic acid groups (broad SMARTS) is 1. The summed E-state index contributed by atoms with van der Waals surface area (Å²) in [5, 5.41) is 9.75. The summed E-state index contributed by atoms with van der Waals surface area (Å²) >= 11 is 0. The topological polar surface area (TPSA) is 79.3 Å². The van der Waals surface area contributed by atoms with Crippen molar-refractivity contribution in [2.75, 3.05) is 26.8 Å². The van der Waals surface area contributed by atoms with Gasteiger partial charge in [-0.15, -0.1) is 0 Å². The smallest absolute Gasteiger partial charge is 0.328 e. The normalized spacial score (nSPS) is 21.0. The predicted molar refractivity (Wildman–Crippen MR) is 110 cm³/mol. The van der Waals surface area contributed by atoms with E-state index in [0.29, 0.717) is 24.2 Å². The van der Waals surface area contributed by atoms with Gasteiger partial charge in [-0.1, -0.05) is 42.5 Å². The van der Waals surface area contributed by atoms with Crippen LogP contribution in [0.25, 0.3) is 0 Å².